The molecule has 0 aliphatic carbocycles. The average molecular weight is 326 g/mol. The maximum Gasteiger partial charge on any atom is 0.180 e. The maximum absolute atomic E-state index is 12.1. The van der Waals surface area contributed by atoms with E-state index >= 15 is 0 Å². The van der Waals surface area contributed by atoms with E-state index in [0.29, 0.717) is 15.9 Å². The third kappa shape index (κ3) is 2.50. The summed E-state index contributed by atoms with van der Waals surface area (Å²) in [5, 5.41) is 9.77. The molecule has 2 saturated heterocycles. The second kappa shape index (κ2) is 5.16. The van der Waals surface area contributed by atoms with Gasteiger partial charge in [-0.15, -0.1) is 11.3 Å². The minimum Gasteiger partial charge on any atom is -0.396 e. The van der Waals surface area contributed by atoms with E-state index in [1.807, 2.05) is 6.07 Å². The highest BCUT2D eigenvalue weighted by atomic mass is 32.2. The summed E-state index contributed by atoms with van der Waals surface area (Å²) in [5.74, 6) is 0. The van der Waals surface area contributed by atoms with Gasteiger partial charge >= 0.3 is 0 Å². The lowest BCUT2D eigenvalue weighted by Gasteiger charge is -2.38. The van der Waals surface area contributed by atoms with Crippen LogP contribution in [0, 0.1) is 11.3 Å². The summed E-state index contributed by atoms with van der Waals surface area (Å²) in [6.45, 7) is 3.66. The van der Waals surface area contributed by atoms with Crippen molar-refractivity contribution in [1.29, 1.82) is 5.26 Å². The van der Waals surface area contributed by atoms with Crippen molar-refractivity contribution in [2.75, 3.05) is 43.1 Å². The first-order valence-corrected chi connectivity index (χ1v) is 9.64. The number of nitriles is 1. The molecule has 0 saturated carbocycles. The van der Waals surface area contributed by atoms with Gasteiger partial charge in [-0.25, -0.2) is 8.42 Å². The van der Waals surface area contributed by atoms with E-state index in [-0.39, 0.29) is 10.6 Å². The topological polar surface area (TPSA) is 90.4 Å². The molecule has 6 nitrogen and oxygen atoms in total. The van der Waals surface area contributed by atoms with Crippen LogP contribution in [0.25, 0.3) is 0 Å². The lowest BCUT2D eigenvalue weighted by Crippen LogP contribution is -2.50. The Morgan fingerprint density at radius 2 is 2.14 bits per heavy atom. The molecule has 0 amide bonds. The van der Waals surface area contributed by atoms with Gasteiger partial charge in [0.1, 0.15) is 20.8 Å². The number of nitrogens with two attached hydrogens (primary N) is 1. The van der Waals surface area contributed by atoms with Crippen LogP contribution in [-0.4, -0.2) is 51.8 Å². The molecule has 8 heteroatoms. The number of anilines is 2. The first-order valence-electron chi connectivity index (χ1n) is 6.93. The number of piperazine rings is 1. The van der Waals surface area contributed by atoms with Crippen molar-refractivity contribution in [3.05, 3.63) is 4.88 Å². The van der Waals surface area contributed by atoms with Crippen LogP contribution in [0.5, 0.6) is 0 Å². The Hall–Kier alpha value is -1.30. The normalized spacial score (nSPS) is 23.0. The molecule has 1 unspecified atom stereocenters. The van der Waals surface area contributed by atoms with Crippen LogP contribution in [-0.2, 0) is 9.84 Å². The predicted octanol–water partition coefficient (Wildman–Crippen LogP) is 0.890. The summed E-state index contributed by atoms with van der Waals surface area (Å²) < 4.78 is 24.1. The minimum absolute atomic E-state index is 0.105. The van der Waals surface area contributed by atoms with E-state index < -0.39 is 9.84 Å². The molecule has 114 valence electrons. The molecule has 0 aromatic carbocycles. The summed E-state index contributed by atoms with van der Waals surface area (Å²) >= 11 is 1.20. The van der Waals surface area contributed by atoms with E-state index in [1.54, 1.807) is 0 Å². The fraction of sp³-hybridized carbons (Fsp3) is 0.615. The van der Waals surface area contributed by atoms with E-state index in [2.05, 4.69) is 9.80 Å². The Labute approximate surface area is 128 Å². The van der Waals surface area contributed by atoms with Gasteiger partial charge in [-0.3, -0.25) is 4.90 Å². The first kappa shape index (κ1) is 14.6. The van der Waals surface area contributed by atoms with Crippen LogP contribution in [0.3, 0.4) is 0 Å². The van der Waals surface area contributed by atoms with Crippen molar-refractivity contribution in [2.45, 2.75) is 23.8 Å². The lowest BCUT2D eigenvalue weighted by molar-refractivity contribution is 0.231. The number of sulfone groups is 1. The molecule has 21 heavy (non-hydrogen) atoms. The van der Waals surface area contributed by atoms with Crippen LogP contribution in [0.1, 0.15) is 17.7 Å². The zero-order valence-electron chi connectivity index (χ0n) is 11.9. The van der Waals surface area contributed by atoms with Gasteiger partial charge in [-0.1, -0.05) is 0 Å². The molecule has 2 N–H and O–H groups in total. The number of thiophene rings is 1. The van der Waals surface area contributed by atoms with Crippen molar-refractivity contribution in [2.24, 2.45) is 0 Å². The summed E-state index contributed by atoms with van der Waals surface area (Å²) in [5.41, 5.74) is 5.99. The molecule has 1 aromatic heterocycles. The second-order valence-corrected chi connectivity index (χ2v) is 8.59. The van der Waals surface area contributed by atoms with Gasteiger partial charge in [0.25, 0.3) is 0 Å². The Morgan fingerprint density at radius 3 is 2.81 bits per heavy atom. The molecule has 1 atom stereocenters. The van der Waals surface area contributed by atoms with Crippen molar-refractivity contribution >= 4 is 31.9 Å². The largest absolute Gasteiger partial charge is 0.396 e. The highest BCUT2D eigenvalue weighted by molar-refractivity contribution is 7.91. The van der Waals surface area contributed by atoms with Gasteiger partial charge in [0.05, 0.1) is 5.69 Å². The molecule has 1 aromatic rings. The number of hydrogen-bond acceptors (Lipinski definition) is 7. The van der Waals surface area contributed by atoms with Gasteiger partial charge in [-0.2, -0.15) is 5.26 Å². The number of nitrogen functional groups attached to an aromatic ring is 1. The zero-order chi connectivity index (χ0) is 15.2. The number of nitrogens with zero attached hydrogens (tertiary/aromatic N) is 3. The van der Waals surface area contributed by atoms with Gasteiger partial charge in [0.2, 0.25) is 0 Å². The summed E-state index contributed by atoms with van der Waals surface area (Å²) in [6.07, 6.45) is 3.51. The smallest absolute Gasteiger partial charge is 0.180 e. The average Bonchev–Trinajstić information content (AvgIpc) is 3.00. The van der Waals surface area contributed by atoms with Crippen molar-refractivity contribution in [3.63, 3.8) is 0 Å². The molecule has 2 aliphatic heterocycles. The maximum atomic E-state index is 12.1. The second-order valence-electron chi connectivity index (χ2n) is 5.64. The number of fused-ring (bicyclic) bond motifs is 1. The summed E-state index contributed by atoms with van der Waals surface area (Å²) in [6, 6.07) is 2.49. The molecular weight excluding hydrogens is 308 g/mol. The van der Waals surface area contributed by atoms with Gasteiger partial charge in [-0.05, 0) is 19.4 Å². The SMILES string of the molecule is CS(=O)(=O)c1c(N2CCN3CCCC3C2)sc(C#N)c1N. The van der Waals surface area contributed by atoms with Crippen molar-refractivity contribution in [1.82, 2.24) is 4.90 Å². The Kier molecular flexibility index (Phi) is 3.59. The molecule has 0 bridgehead atoms. The molecule has 2 fully saturated rings. The van der Waals surface area contributed by atoms with Crippen LogP contribution in [0.4, 0.5) is 10.7 Å². The third-order valence-corrected chi connectivity index (χ3v) is 6.68. The number of rotatable bonds is 2. The molecule has 2 aliphatic rings. The first-order chi connectivity index (χ1) is 9.91. The Morgan fingerprint density at radius 1 is 1.38 bits per heavy atom. The number of hydrogen-bond donors (Lipinski definition) is 1. The van der Waals surface area contributed by atoms with Crippen LogP contribution >= 0.6 is 11.3 Å². The highest BCUT2D eigenvalue weighted by Gasteiger charge is 2.34. The van der Waals surface area contributed by atoms with E-state index in [0.717, 1.165) is 38.9 Å². The fourth-order valence-electron chi connectivity index (χ4n) is 3.24. The van der Waals surface area contributed by atoms with Gasteiger partial charge < -0.3 is 10.6 Å². The lowest BCUT2D eigenvalue weighted by atomic mass is 10.1. The highest BCUT2D eigenvalue weighted by Crippen LogP contribution is 2.42. The van der Waals surface area contributed by atoms with Gasteiger partial charge in [0.15, 0.2) is 9.84 Å². The van der Waals surface area contributed by atoms with Crippen LogP contribution in [0.2, 0.25) is 0 Å². The Bertz CT molecular complexity index is 704. The quantitative estimate of drug-likeness (QED) is 0.868. The zero-order valence-corrected chi connectivity index (χ0v) is 13.5. The molecule has 3 rings (SSSR count). The predicted molar refractivity (Wildman–Crippen MR) is 83.4 cm³/mol. The summed E-state index contributed by atoms with van der Waals surface area (Å²) in [7, 11) is -3.45. The van der Waals surface area contributed by atoms with E-state index in [4.69, 9.17) is 11.0 Å². The fourth-order valence-corrected chi connectivity index (χ4v) is 5.78. The molecule has 3 heterocycles. The summed E-state index contributed by atoms with van der Waals surface area (Å²) in [4.78, 5) is 4.97. The van der Waals surface area contributed by atoms with Crippen LogP contribution < -0.4 is 10.6 Å². The standard InChI is InChI=1S/C13H18N4O2S2/c1-21(18,19)12-11(15)10(7-14)20-13(12)17-6-5-16-4-2-3-9(16)8-17/h9H,2-6,8,15H2,1H3. The van der Waals surface area contributed by atoms with Crippen molar-refractivity contribution in [3.8, 4) is 6.07 Å². The molecular formula is C13H18N4O2S2. The van der Waals surface area contributed by atoms with E-state index in [9.17, 15) is 8.42 Å². The monoisotopic (exact) mass is 326 g/mol. The molecule has 0 spiro atoms. The Balaban J connectivity index is 2.01. The van der Waals surface area contributed by atoms with Crippen LogP contribution in [0.15, 0.2) is 4.90 Å². The van der Waals surface area contributed by atoms with E-state index in [1.165, 1.54) is 17.8 Å². The molecule has 0 radical (unpaired) electrons. The van der Waals surface area contributed by atoms with Gasteiger partial charge in [0, 0.05) is 31.9 Å². The third-order valence-electron chi connectivity index (χ3n) is 4.23. The van der Waals surface area contributed by atoms with Crippen molar-refractivity contribution < 1.29 is 8.42 Å². The minimum atomic E-state index is -3.45.